The standard InChI is InChI=1S/C14H11NO4.3BrH/c16-13(17)11-3-1-10(2-4-11)9-15-7-5-12(6-8-15)14(18)19;;;/h1-8H,9H2,(H-,16,17,18,19);3*1H/p+1. The molecule has 1 aromatic heterocycles. The van der Waals surface area contributed by atoms with E-state index in [1.165, 1.54) is 12.1 Å². The van der Waals surface area contributed by atoms with E-state index < -0.39 is 11.9 Å². The Hall–Kier alpha value is -1.25. The summed E-state index contributed by atoms with van der Waals surface area (Å²) >= 11 is 0. The van der Waals surface area contributed by atoms with Gasteiger partial charge >= 0.3 is 11.9 Å². The van der Waals surface area contributed by atoms with E-state index in [0.29, 0.717) is 6.54 Å². The van der Waals surface area contributed by atoms with Crippen molar-refractivity contribution in [3.63, 3.8) is 0 Å². The second-order valence-electron chi connectivity index (χ2n) is 4.07. The van der Waals surface area contributed by atoms with E-state index in [1.807, 2.05) is 4.57 Å². The van der Waals surface area contributed by atoms with Crippen LogP contribution in [-0.4, -0.2) is 22.2 Å². The molecule has 5 nitrogen and oxygen atoms in total. The Balaban J connectivity index is 0. The number of carbonyl (C=O) groups is 2. The largest absolute Gasteiger partial charge is 0.478 e. The maximum absolute atomic E-state index is 10.7. The molecule has 0 saturated heterocycles. The van der Waals surface area contributed by atoms with Gasteiger partial charge in [0, 0.05) is 17.7 Å². The van der Waals surface area contributed by atoms with Crippen molar-refractivity contribution in [1.29, 1.82) is 0 Å². The Morgan fingerprint density at radius 3 is 1.59 bits per heavy atom. The first-order chi connectivity index (χ1) is 9.06. The van der Waals surface area contributed by atoms with E-state index in [-0.39, 0.29) is 62.1 Å². The number of pyridine rings is 1. The van der Waals surface area contributed by atoms with Gasteiger partial charge in [-0.25, -0.2) is 14.2 Å². The molecule has 1 heterocycles. The van der Waals surface area contributed by atoms with Gasteiger partial charge in [-0.05, 0) is 12.1 Å². The second kappa shape index (κ2) is 10.5. The van der Waals surface area contributed by atoms with Crippen molar-refractivity contribution in [2.45, 2.75) is 6.54 Å². The highest BCUT2D eigenvalue weighted by atomic mass is 79.9. The summed E-state index contributed by atoms with van der Waals surface area (Å²) in [6, 6.07) is 9.61. The predicted molar refractivity (Wildman–Crippen MR) is 97.1 cm³/mol. The minimum absolute atomic E-state index is 0. The van der Waals surface area contributed by atoms with Crippen LogP contribution in [0.4, 0.5) is 0 Å². The van der Waals surface area contributed by atoms with Crippen molar-refractivity contribution in [3.8, 4) is 0 Å². The van der Waals surface area contributed by atoms with E-state index in [0.717, 1.165) is 5.56 Å². The Labute approximate surface area is 158 Å². The number of carboxylic acid groups (broad SMARTS) is 2. The summed E-state index contributed by atoms with van der Waals surface area (Å²) in [5.74, 6) is -1.91. The zero-order valence-corrected chi connectivity index (χ0v) is 16.3. The topological polar surface area (TPSA) is 78.5 Å². The van der Waals surface area contributed by atoms with Gasteiger partial charge in [0.1, 0.15) is 0 Å². The van der Waals surface area contributed by atoms with Gasteiger partial charge in [0.25, 0.3) is 0 Å². The summed E-state index contributed by atoms with van der Waals surface area (Å²) in [7, 11) is 0. The number of aromatic carboxylic acids is 2. The minimum atomic E-state index is -0.960. The highest BCUT2D eigenvalue weighted by molar-refractivity contribution is 8.93. The molecule has 0 atom stereocenters. The Kier molecular flexibility index (Phi) is 11.0. The molecule has 1 aromatic carbocycles. The van der Waals surface area contributed by atoms with Gasteiger partial charge in [0.2, 0.25) is 0 Å². The highest BCUT2D eigenvalue weighted by Gasteiger charge is 2.08. The molecule has 2 N–H and O–H groups in total. The molecule has 0 aliphatic carbocycles. The molecule has 120 valence electrons. The lowest BCUT2D eigenvalue weighted by Gasteiger charge is -1.99. The molecule has 0 aliphatic heterocycles. The van der Waals surface area contributed by atoms with Crippen LogP contribution in [0.15, 0.2) is 48.8 Å². The third-order valence-corrected chi connectivity index (χ3v) is 2.70. The lowest BCUT2D eigenvalue weighted by molar-refractivity contribution is -0.688. The van der Waals surface area contributed by atoms with Gasteiger partial charge in [-0.2, -0.15) is 0 Å². The van der Waals surface area contributed by atoms with Gasteiger partial charge in [0.05, 0.1) is 11.1 Å². The van der Waals surface area contributed by atoms with Crippen molar-refractivity contribution in [2.75, 3.05) is 0 Å². The molecule has 0 unspecified atom stereocenters. The molecule has 0 saturated carbocycles. The van der Waals surface area contributed by atoms with Crippen LogP contribution in [0, 0.1) is 0 Å². The fourth-order valence-corrected chi connectivity index (χ4v) is 1.67. The fourth-order valence-electron chi connectivity index (χ4n) is 1.67. The number of benzene rings is 1. The number of halogens is 3. The van der Waals surface area contributed by atoms with Crippen LogP contribution in [0.5, 0.6) is 0 Å². The van der Waals surface area contributed by atoms with Crippen LogP contribution in [0.3, 0.4) is 0 Å². The number of aromatic nitrogens is 1. The molecule has 0 fully saturated rings. The van der Waals surface area contributed by atoms with E-state index in [4.69, 9.17) is 10.2 Å². The van der Waals surface area contributed by atoms with Gasteiger partial charge in [-0.3, -0.25) is 0 Å². The van der Waals surface area contributed by atoms with E-state index in [2.05, 4.69) is 0 Å². The van der Waals surface area contributed by atoms with Gasteiger partial charge in [-0.15, -0.1) is 50.9 Å². The summed E-state index contributed by atoms with van der Waals surface area (Å²) in [5.41, 5.74) is 1.42. The van der Waals surface area contributed by atoms with Gasteiger partial charge in [0.15, 0.2) is 18.9 Å². The van der Waals surface area contributed by atoms with Crippen LogP contribution < -0.4 is 4.57 Å². The van der Waals surface area contributed by atoms with Crippen LogP contribution in [0.1, 0.15) is 26.3 Å². The maximum Gasteiger partial charge on any atom is 0.336 e. The smallest absolute Gasteiger partial charge is 0.336 e. The molecule has 0 bridgehead atoms. The first kappa shape index (κ1) is 23.0. The zero-order valence-electron chi connectivity index (χ0n) is 11.2. The summed E-state index contributed by atoms with van der Waals surface area (Å²) < 4.78 is 1.82. The molecule has 2 rings (SSSR count). The number of hydrogen-bond donors (Lipinski definition) is 2. The van der Waals surface area contributed by atoms with Crippen LogP contribution in [0.25, 0.3) is 0 Å². The number of carboxylic acids is 2. The molecule has 0 amide bonds. The lowest BCUT2D eigenvalue weighted by atomic mass is 10.1. The first-order valence-electron chi connectivity index (χ1n) is 5.61. The fraction of sp³-hybridized carbons (Fsp3) is 0.0714. The molecular formula is C14H15Br3NO4+. The second-order valence-corrected chi connectivity index (χ2v) is 4.07. The molecule has 8 heteroatoms. The number of nitrogens with zero attached hydrogens (tertiary/aromatic N) is 1. The predicted octanol–water partition coefficient (Wildman–Crippen LogP) is 3.15. The highest BCUT2D eigenvalue weighted by Crippen LogP contribution is 2.04. The summed E-state index contributed by atoms with van der Waals surface area (Å²) in [4.78, 5) is 21.4. The SMILES string of the molecule is Br.Br.Br.O=C(O)c1ccc(C[n+]2ccc(C(=O)O)cc2)cc1. The average molecular weight is 501 g/mol. The number of rotatable bonds is 4. The summed E-state index contributed by atoms with van der Waals surface area (Å²) in [5, 5.41) is 17.6. The van der Waals surface area contributed by atoms with Crippen molar-refractivity contribution in [1.82, 2.24) is 0 Å². The summed E-state index contributed by atoms with van der Waals surface area (Å²) in [6.45, 7) is 0.555. The van der Waals surface area contributed by atoms with Crippen molar-refractivity contribution >= 4 is 62.9 Å². The molecule has 0 radical (unpaired) electrons. The minimum Gasteiger partial charge on any atom is -0.478 e. The monoisotopic (exact) mass is 498 g/mol. The van der Waals surface area contributed by atoms with Crippen molar-refractivity contribution in [2.24, 2.45) is 0 Å². The Morgan fingerprint density at radius 2 is 1.18 bits per heavy atom. The van der Waals surface area contributed by atoms with Crippen LogP contribution >= 0.6 is 50.9 Å². The zero-order chi connectivity index (χ0) is 13.8. The van der Waals surface area contributed by atoms with Crippen molar-refractivity contribution < 1.29 is 24.4 Å². The van der Waals surface area contributed by atoms with E-state index >= 15 is 0 Å². The average Bonchev–Trinajstić information content (AvgIpc) is 2.40. The normalized spacial score (nSPS) is 8.73. The van der Waals surface area contributed by atoms with Crippen LogP contribution in [0.2, 0.25) is 0 Å². The quantitative estimate of drug-likeness (QED) is 0.632. The molecule has 0 spiro atoms. The lowest BCUT2D eigenvalue weighted by Crippen LogP contribution is -2.33. The molecule has 2 aromatic rings. The Bertz CT molecular complexity index is 559. The summed E-state index contributed by atoms with van der Waals surface area (Å²) in [6.07, 6.45) is 3.35. The Morgan fingerprint density at radius 1 is 0.773 bits per heavy atom. The number of hydrogen-bond acceptors (Lipinski definition) is 2. The maximum atomic E-state index is 10.7. The molecule has 22 heavy (non-hydrogen) atoms. The van der Waals surface area contributed by atoms with Gasteiger partial charge in [-0.1, -0.05) is 12.1 Å². The first-order valence-corrected chi connectivity index (χ1v) is 5.61. The molecular weight excluding hydrogens is 486 g/mol. The van der Waals surface area contributed by atoms with Crippen LogP contribution in [-0.2, 0) is 6.54 Å². The van der Waals surface area contributed by atoms with E-state index in [1.54, 1.807) is 36.7 Å². The third-order valence-electron chi connectivity index (χ3n) is 2.70. The van der Waals surface area contributed by atoms with E-state index in [9.17, 15) is 9.59 Å². The molecule has 0 aliphatic rings. The van der Waals surface area contributed by atoms with Crippen molar-refractivity contribution in [3.05, 3.63) is 65.5 Å². The van der Waals surface area contributed by atoms with Gasteiger partial charge < -0.3 is 10.2 Å². The third kappa shape index (κ3) is 6.25.